The van der Waals surface area contributed by atoms with Crippen molar-refractivity contribution < 1.29 is 4.79 Å². The topological polar surface area (TPSA) is 53.4 Å². The van der Waals surface area contributed by atoms with Gasteiger partial charge in [0, 0.05) is 44.8 Å². The molecule has 2 aromatic carbocycles. The van der Waals surface area contributed by atoms with Crippen molar-refractivity contribution in [1.29, 1.82) is 0 Å². The highest BCUT2D eigenvalue weighted by Gasteiger charge is 2.22. The molecule has 1 aliphatic rings. The Morgan fingerprint density at radius 2 is 1.66 bits per heavy atom. The number of halogens is 3. The zero-order chi connectivity index (χ0) is 25.7. The van der Waals surface area contributed by atoms with Crippen molar-refractivity contribution in [3.63, 3.8) is 0 Å². The summed E-state index contributed by atoms with van der Waals surface area (Å²) in [7, 11) is 0. The van der Waals surface area contributed by atoms with E-state index in [9.17, 15) is 4.79 Å². The Morgan fingerprint density at radius 1 is 0.974 bits per heavy atom. The summed E-state index contributed by atoms with van der Waals surface area (Å²) in [6, 6.07) is 14.3. The van der Waals surface area contributed by atoms with Gasteiger partial charge in [0.25, 0.3) is 5.91 Å². The molecule has 0 unspecified atom stereocenters. The number of nitrogens with zero attached hydrogens (tertiary/aromatic N) is 4. The monoisotopic (exact) mass is 579 g/mol. The number of hydrogen-bond acceptors (Lipinski definition) is 4. The molecule has 0 bridgehead atoms. The van der Waals surface area contributed by atoms with Gasteiger partial charge in [-0.25, -0.2) is 4.98 Å². The van der Waals surface area contributed by atoms with Crippen LogP contribution < -0.4 is 10.2 Å². The number of carbonyl (C=O) groups is 1. The highest BCUT2D eigenvalue weighted by molar-refractivity contribution is 6.32. The van der Waals surface area contributed by atoms with Gasteiger partial charge in [0.15, 0.2) is 0 Å². The largest absolute Gasteiger partial charge is 0.369 e. The van der Waals surface area contributed by atoms with Crippen LogP contribution in [0.3, 0.4) is 0 Å². The lowest BCUT2D eigenvalue weighted by Gasteiger charge is -2.37. The van der Waals surface area contributed by atoms with E-state index in [4.69, 9.17) is 16.6 Å². The molecule has 0 radical (unpaired) electrons. The molecule has 1 amide bonds. The first-order valence-electron chi connectivity index (χ1n) is 13.1. The van der Waals surface area contributed by atoms with E-state index >= 15 is 0 Å². The van der Waals surface area contributed by atoms with Crippen molar-refractivity contribution in [3.8, 4) is 5.69 Å². The molecule has 1 aliphatic heterocycles. The quantitative estimate of drug-likeness (QED) is 0.307. The SMILES string of the molecule is CCCc1nc(C(=O)NCCCN2CCN(c3cccc(C)c3C)CC2)c(C)n1-c1ccccc1Cl.Cl.Cl. The Hall–Kier alpha value is -2.25. The predicted molar refractivity (Wildman–Crippen MR) is 163 cm³/mol. The summed E-state index contributed by atoms with van der Waals surface area (Å²) < 4.78 is 2.02. The number of hydrogen-bond donors (Lipinski definition) is 1. The average Bonchev–Trinajstić information content (AvgIpc) is 3.20. The van der Waals surface area contributed by atoms with E-state index in [0.717, 1.165) is 69.2 Å². The van der Waals surface area contributed by atoms with E-state index in [1.807, 2.05) is 35.8 Å². The smallest absolute Gasteiger partial charge is 0.271 e. The first-order chi connectivity index (χ1) is 17.4. The number of carbonyl (C=O) groups excluding carboxylic acids is 1. The van der Waals surface area contributed by atoms with Crippen molar-refractivity contribution in [3.05, 3.63) is 75.8 Å². The summed E-state index contributed by atoms with van der Waals surface area (Å²) in [5.41, 5.74) is 6.26. The van der Waals surface area contributed by atoms with Crippen LogP contribution in [0.15, 0.2) is 42.5 Å². The van der Waals surface area contributed by atoms with E-state index in [1.165, 1.54) is 16.8 Å². The third-order valence-electron chi connectivity index (χ3n) is 7.18. The molecule has 6 nitrogen and oxygen atoms in total. The van der Waals surface area contributed by atoms with Gasteiger partial charge in [-0.15, -0.1) is 24.8 Å². The van der Waals surface area contributed by atoms with Crippen molar-refractivity contribution in [2.75, 3.05) is 44.2 Å². The predicted octanol–water partition coefficient (Wildman–Crippen LogP) is 6.19. The Labute approximate surface area is 244 Å². The Balaban J connectivity index is 0.00000253. The fourth-order valence-corrected chi connectivity index (χ4v) is 5.22. The van der Waals surface area contributed by atoms with E-state index in [1.54, 1.807) is 0 Å². The number of anilines is 1. The molecule has 0 saturated carbocycles. The highest BCUT2D eigenvalue weighted by atomic mass is 35.5. The number of aryl methyl sites for hydroxylation is 2. The van der Waals surface area contributed by atoms with Crippen molar-refractivity contribution in [2.24, 2.45) is 0 Å². The van der Waals surface area contributed by atoms with Gasteiger partial charge in [0.05, 0.1) is 16.4 Å². The summed E-state index contributed by atoms with van der Waals surface area (Å²) in [4.78, 5) is 22.7. The lowest BCUT2D eigenvalue weighted by molar-refractivity contribution is 0.0946. The number of nitrogens with one attached hydrogen (secondary N) is 1. The molecule has 1 aromatic heterocycles. The number of para-hydroxylation sites is 1. The minimum atomic E-state index is -0.115. The minimum Gasteiger partial charge on any atom is -0.369 e. The average molecular weight is 581 g/mol. The third-order valence-corrected chi connectivity index (χ3v) is 7.50. The Morgan fingerprint density at radius 3 is 2.34 bits per heavy atom. The van der Waals surface area contributed by atoms with E-state index in [-0.39, 0.29) is 30.7 Å². The molecule has 9 heteroatoms. The molecule has 208 valence electrons. The summed E-state index contributed by atoms with van der Waals surface area (Å²) in [5.74, 6) is 0.755. The molecule has 1 saturated heterocycles. The number of imidazole rings is 1. The number of aromatic nitrogens is 2. The van der Waals surface area contributed by atoms with E-state index in [0.29, 0.717) is 17.3 Å². The van der Waals surface area contributed by atoms with Crippen LogP contribution in [0.5, 0.6) is 0 Å². The lowest BCUT2D eigenvalue weighted by atomic mass is 10.1. The lowest BCUT2D eigenvalue weighted by Crippen LogP contribution is -2.47. The number of piperazine rings is 1. The number of rotatable bonds is 9. The molecule has 0 atom stereocenters. The van der Waals surface area contributed by atoms with Gasteiger partial charge in [-0.3, -0.25) is 14.3 Å². The third kappa shape index (κ3) is 7.23. The fraction of sp³-hybridized carbons (Fsp3) is 0.448. The summed E-state index contributed by atoms with van der Waals surface area (Å²) in [6.07, 6.45) is 2.65. The van der Waals surface area contributed by atoms with Gasteiger partial charge in [-0.1, -0.05) is 42.8 Å². The van der Waals surface area contributed by atoms with Crippen LogP contribution in [0.4, 0.5) is 5.69 Å². The van der Waals surface area contributed by atoms with Crippen LogP contribution in [0.1, 0.15) is 52.9 Å². The van der Waals surface area contributed by atoms with Crippen LogP contribution in [0.25, 0.3) is 5.69 Å². The molecule has 1 fully saturated rings. The maximum atomic E-state index is 13.0. The maximum absolute atomic E-state index is 13.0. The zero-order valence-electron chi connectivity index (χ0n) is 22.8. The van der Waals surface area contributed by atoms with Gasteiger partial charge in [0.1, 0.15) is 11.5 Å². The number of benzene rings is 2. The van der Waals surface area contributed by atoms with Crippen LogP contribution in [-0.2, 0) is 6.42 Å². The van der Waals surface area contributed by atoms with Crippen LogP contribution in [-0.4, -0.2) is 59.6 Å². The highest BCUT2D eigenvalue weighted by Crippen LogP contribution is 2.26. The van der Waals surface area contributed by atoms with Gasteiger partial charge >= 0.3 is 0 Å². The second-order valence-electron chi connectivity index (χ2n) is 9.66. The number of amides is 1. The summed E-state index contributed by atoms with van der Waals surface area (Å²) >= 11 is 6.47. The Bertz CT molecular complexity index is 1200. The van der Waals surface area contributed by atoms with Crippen molar-refractivity contribution >= 4 is 48.0 Å². The first-order valence-corrected chi connectivity index (χ1v) is 13.4. The van der Waals surface area contributed by atoms with Crippen molar-refractivity contribution in [1.82, 2.24) is 19.8 Å². The fourth-order valence-electron chi connectivity index (χ4n) is 5.00. The van der Waals surface area contributed by atoms with Gasteiger partial charge in [-0.2, -0.15) is 0 Å². The zero-order valence-corrected chi connectivity index (χ0v) is 25.2. The van der Waals surface area contributed by atoms with E-state index < -0.39 is 0 Å². The van der Waals surface area contributed by atoms with Crippen LogP contribution in [0, 0.1) is 20.8 Å². The second kappa shape index (κ2) is 14.8. The van der Waals surface area contributed by atoms with Gasteiger partial charge in [0.2, 0.25) is 0 Å². The minimum absolute atomic E-state index is 0. The molecule has 3 aromatic rings. The molecular weight excluding hydrogens is 541 g/mol. The molecule has 4 rings (SSSR count). The second-order valence-corrected chi connectivity index (χ2v) is 10.1. The van der Waals surface area contributed by atoms with Crippen molar-refractivity contribution in [2.45, 2.75) is 47.0 Å². The standard InChI is InChI=1S/C29H38ClN5O.2ClH/c1-5-10-27-32-28(23(4)35(27)26-13-7-6-12-24(26)30)29(36)31-15-9-16-33-17-19-34(20-18-33)25-14-8-11-21(2)22(25)3;;/h6-8,11-14H,5,9-10,15-20H2,1-4H3,(H,31,36);2*1H. The normalized spacial score (nSPS) is 13.6. The first kappa shape index (κ1) is 32.0. The Kier molecular flexibility index (Phi) is 12.4. The van der Waals surface area contributed by atoms with E-state index in [2.05, 4.69) is 54.1 Å². The molecule has 38 heavy (non-hydrogen) atoms. The molecule has 0 aliphatic carbocycles. The maximum Gasteiger partial charge on any atom is 0.271 e. The van der Waals surface area contributed by atoms with Gasteiger partial charge in [-0.05, 0) is 69.5 Å². The summed E-state index contributed by atoms with van der Waals surface area (Å²) in [5, 5.41) is 3.74. The molecule has 1 N–H and O–H groups in total. The molecule has 2 heterocycles. The van der Waals surface area contributed by atoms with Crippen LogP contribution in [0.2, 0.25) is 5.02 Å². The van der Waals surface area contributed by atoms with Crippen LogP contribution >= 0.6 is 36.4 Å². The molecule has 0 spiro atoms. The summed E-state index contributed by atoms with van der Waals surface area (Å²) in [6.45, 7) is 14.2. The van der Waals surface area contributed by atoms with Gasteiger partial charge < -0.3 is 10.2 Å². The molecular formula is C29H40Cl3N5O.